The van der Waals surface area contributed by atoms with Gasteiger partial charge in [-0.25, -0.2) is 9.18 Å². The topological polar surface area (TPSA) is 46.5 Å². The third-order valence-electron chi connectivity index (χ3n) is 0.789. The van der Waals surface area contributed by atoms with E-state index in [0.29, 0.717) is 6.61 Å². The average Bonchev–Trinajstić information content (AvgIpc) is 2.13. The first-order chi connectivity index (χ1) is 6.77. The molecule has 0 aliphatic heterocycles. The van der Waals surface area contributed by atoms with E-state index in [2.05, 4.69) is 17.2 Å². The van der Waals surface area contributed by atoms with Gasteiger partial charge in [-0.1, -0.05) is 12.5 Å². The molecule has 1 N–H and O–H groups in total. The van der Waals surface area contributed by atoms with E-state index in [0.717, 1.165) is 0 Å². The van der Waals surface area contributed by atoms with Crippen molar-refractivity contribution >= 4 is 5.97 Å². The standard InChI is InChI=1S/C5H6O.C3H2F4O2/c1-3-5-6-4-2;4-1(2(8)9)3(5,6)7/h1,4H,2,5H2;1H,(H,8,9). The summed E-state index contributed by atoms with van der Waals surface area (Å²) in [5, 5.41) is 7.42. The zero-order valence-corrected chi connectivity index (χ0v) is 7.42. The number of carbonyl (C=O) groups is 1. The van der Waals surface area contributed by atoms with E-state index in [4.69, 9.17) is 11.5 Å². The number of alkyl halides is 4. The van der Waals surface area contributed by atoms with E-state index in [1.54, 1.807) is 0 Å². The van der Waals surface area contributed by atoms with Crippen LogP contribution in [-0.4, -0.2) is 30.0 Å². The van der Waals surface area contributed by atoms with Gasteiger partial charge in [-0.2, -0.15) is 13.2 Å². The van der Waals surface area contributed by atoms with E-state index in [-0.39, 0.29) is 0 Å². The summed E-state index contributed by atoms with van der Waals surface area (Å²) >= 11 is 0. The SMILES string of the molecule is C#CCOC=C.O=C(O)C(F)C(F)(F)F. The van der Waals surface area contributed by atoms with E-state index in [1.807, 2.05) is 0 Å². The maximum Gasteiger partial charge on any atom is 0.430 e. The van der Waals surface area contributed by atoms with Gasteiger partial charge in [-0.05, 0) is 0 Å². The fourth-order valence-electron chi connectivity index (χ4n) is 0.247. The van der Waals surface area contributed by atoms with Crippen LogP contribution in [0.2, 0.25) is 0 Å². The third kappa shape index (κ3) is 10.2. The van der Waals surface area contributed by atoms with Gasteiger partial charge in [0.05, 0.1) is 6.26 Å². The number of rotatable bonds is 3. The largest absolute Gasteiger partial charge is 0.489 e. The minimum atomic E-state index is -5.29. The zero-order chi connectivity index (χ0) is 12.5. The van der Waals surface area contributed by atoms with Gasteiger partial charge in [0.25, 0.3) is 6.17 Å². The Bertz CT molecular complexity index is 241. The monoisotopic (exact) mass is 228 g/mol. The van der Waals surface area contributed by atoms with Crippen LogP contribution < -0.4 is 0 Å². The molecule has 0 aliphatic rings. The van der Waals surface area contributed by atoms with Crippen LogP contribution in [0.3, 0.4) is 0 Å². The van der Waals surface area contributed by atoms with Crippen molar-refractivity contribution in [2.45, 2.75) is 12.3 Å². The van der Waals surface area contributed by atoms with Crippen molar-refractivity contribution in [1.29, 1.82) is 0 Å². The lowest BCUT2D eigenvalue weighted by molar-refractivity contribution is -0.197. The maximum atomic E-state index is 11.3. The Hall–Kier alpha value is -1.71. The highest BCUT2D eigenvalue weighted by Crippen LogP contribution is 2.22. The molecule has 1 unspecified atom stereocenters. The summed E-state index contributed by atoms with van der Waals surface area (Å²) in [6, 6.07) is 0. The average molecular weight is 228 g/mol. The molecule has 0 spiro atoms. The Labute approximate surface area is 83.3 Å². The number of carboxylic acid groups (broad SMARTS) is 1. The van der Waals surface area contributed by atoms with E-state index < -0.39 is 18.3 Å². The molecule has 0 aliphatic carbocycles. The second-order valence-corrected chi connectivity index (χ2v) is 1.92. The molecule has 0 radical (unpaired) electrons. The predicted octanol–water partition coefficient (Wildman–Crippen LogP) is 1.75. The molecule has 1 atom stereocenters. The highest BCUT2D eigenvalue weighted by molar-refractivity contribution is 5.73. The molecule has 0 bridgehead atoms. The number of halogens is 4. The summed E-state index contributed by atoms with van der Waals surface area (Å²) < 4.78 is 48.7. The van der Waals surface area contributed by atoms with Crippen LogP contribution in [0.4, 0.5) is 17.6 Å². The molecule has 15 heavy (non-hydrogen) atoms. The molecular formula is C8H8F4O3. The van der Waals surface area contributed by atoms with Crippen LogP contribution >= 0.6 is 0 Å². The smallest absolute Gasteiger partial charge is 0.430 e. The van der Waals surface area contributed by atoms with Gasteiger partial charge in [0, 0.05) is 0 Å². The highest BCUT2D eigenvalue weighted by atomic mass is 19.4. The summed E-state index contributed by atoms with van der Waals surface area (Å²) in [6.07, 6.45) is -2.94. The van der Waals surface area contributed by atoms with Crippen LogP contribution in [0.15, 0.2) is 12.8 Å². The van der Waals surface area contributed by atoms with Gasteiger partial charge in [0.2, 0.25) is 0 Å². The Morgan fingerprint density at radius 3 is 2.20 bits per heavy atom. The van der Waals surface area contributed by atoms with Crippen LogP contribution in [0.5, 0.6) is 0 Å². The molecule has 3 nitrogen and oxygen atoms in total. The quantitative estimate of drug-likeness (QED) is 0.346. The first-order valence-corrected chi connectivity index (χ1v) is 3.37. The summed E-state index contributed by atoms with van der Waals surface area (Å²) in [5.74, 6) is -0.236. The normalized spacial score (nSPS) is 11.4. The molecule has 0 fully saturated rings. The number of hydrogen-bond donors (Lipinski definition) is 1. The van der Waals surface area contributed by atoms with Crippen molar-refractivity contribution in [1.82, 2.24) is 0 Å². The Kier molecular flexibility index (Phi) is 8.05. The first kappa shape index (κ1) is 15.7. The van der Waals surface area contributed by atoms with Gasteiger partial charge in [-0.15, -0.1) is 6.42 Å². The van der Waals surface area contributed by atoms with Gasteiger partial charge in [0.1, 0.15) is 6.61 Å². The molecular weight excluding hydrogens is 220 g/mol. The van der Waals surface area contributed by atoms with Gasteiger partial charge in [0.15, 0.2) is 0 Å². The molecule has 0 saturated carbocycles. The Morgan fingerprint density at radius 2 is 2.13 bits per heavy atom. The lowest BCUT2D eigenvalue weighted by Crippen LogP contribution is -2.32. The summed E-state index contributed by atoms with van der Waals surface area (Å²) in [4.78, 5) is 9.25. The van der Waals surface area contributed by atoms with Crippen molar-refractivity contribution in [2.75, 3.05) is 6.61 Å². The second-order valence-electron chi connectivity index (χ2n) is 1.92. The van der Waals surface area contributed by atoms with Crippen molar-refractivity contribution < 1.29 is 32.2 Å². The molecule has 0 aromatic rings. The van der Waals surface area contributed by atoms with Crippen molar-refractivity contribution in [2.24, 2.45) is 0 Å². The predicted molar refractivity (Wildman–Crippen MR) is 43.6 cm³/mol. The van der Waals surface area contributed by atoms with Crippen LogP contribution in [-0.2, 0) is 9.53 Å². The van der Waals surface area contributed by atoms with E-state index >= 15 is 0 Å². The molecule has 0 heterocycles. The molecule has 0 amide bonds. The second kappa shape index (κ2) is 7.67. The molecule has 0 aromatic carbocycles. The highest BCUT2D eigenvalue weighted by Gasteiger charge is 2.45. The fraction of sp³-hybridized carbons (Fsp3) is 0.375. The van der Waals surface area contributed by atoms with Crippen LogP contribution in [0, 0.1) is 12.3 Å². The van der Waals surface area contributed by atoms with Gasteiger partial charge >= 0.3 is 12.1 Å². The number of aliphatic carboxylic acids is 1. The molecule has 0 aromatic heterocycles. The number of terminal acetylenes is 1. The van der Waals surface area contributed by atoms with Crippen LogP contribution in [0.1, 0.15) is 0 Å². The van der Waals surface area contributed by atoms with Crippen molar-refractivity contribution in [3.63, 3.8) is 0 Å². The number of carboxylic acids is 1. The summed E-state index contributed by atoms with van der Waals surface area (Å²) in [5.41, 5.74) is 0. The Balaban J connectivity index is 0. The zero-order valence-electron chi connectivity index (χ0n) is 7.42. The third-order valence-corrected chi connectivity index (χ3v) is 0.789. The summed E-state index contributed by atoms with van der Waals surface area (Å²) in [7, 11) is 0. The molecule has 86 valence electrons. The van der Waals surface area contributed by atoms with Gasteiger partial charge < -0.3 is 9.84 Å². The Morgan fingerprint density at radius 1 is 1.67 bits per heavy atom. The molecule has 7 heteroatoms. The molecule has 0 saturated heterocycles. The maximum absolute atomic E-state index is 11.3. The number of hydrogen-bond acceptors (Lipinski definition) is 2. The lowest BCUT2D eigenvalue weighted by Gasteiger charge is -2.05. The number of ether oxygens (including phenoxy) is 1. The fourth-order valence-corrected chi connectivity index (χ4v) is 0.247. The minimum Gasteiger partial charge on any atom is -0.489 e. The van der Waals surface area contributed by atoms with E-state index in [9.17, 15) is 22.4 Å². The van der Waals surface area contributed by atoms with Crippen LogP contribution in [0.25, 0.3) is 0 Å². The van der Waals surface area contributed by atoms with Crippen molar-refractivity contribution in [3.05, 3.63) is 12.8 Å². The van der Waals surface area contributed by atoms with Crippen molar-refractivity contribution in [3.8, 4) is 12.3 Å². The van der Waals surface area contributed by atoms with E-state index in [1.165, 1.54) is 6.26 Å². The lowest BCUT2D eigenvalue weighted by atomic mass is 10.4. The van der Waals surface area contributed by atoms with Gasteiger partial charge in [-0.3, -0.25) is 0 Å². The molecule has 0 rings (SSSR count). The first-order valence-electron chi connectivity index (χ1n) is 3.37. The minimum absolute atomic E-state index is 0.323. The summed E-state index contributed by atoms with van der Waals surface area (Å²) in [6.45, 7) is 3.60.